The van der Waals surface area contributed by atoms with Crippen LogP contribution in [0.15, 0.2) is 24.3 Å². The average molecular weight is 303 g/mol. The summed E-state index contributed by atoms with van der Waals surface area (Å²) in [4.78, 5) is 15.0. The van der Waals surface area contributed by atoms with Gasteiger partial charge in [-0.2, -0.15) is 0 Å². The van der Waals surface area contributed by atoms with Gasteiger partial charge in [0.2, 0.25) is 0 Å². The highest BCUT2D eigenvalue weighted by Gasteiger charge is 2.40. The van der Waals surface area contributed by atoms with Gasteiger partial charge in [0, 0.05) is 41.9 Å². The smallest absolute Gasteiger partial charge is 0.139 e. The number of nitrogens with zero attached hydrogens (tertiary/aromatic N) is 1. The van der Waals surface area contributed by atoms with Crippen LogP contribution in [0.25, 0.3) is 0 Å². The van der Waals surface area contributed by atoms with Crippen molar-refractivity contribution < 1.29 is 9.53 Å². The number of likely N-dealkylation sites (tertiary alicyclic amines) is 1. The lowest BCUT2D eigenvalue weighted by Crippen LogP contribution is -2.58. The first kappa shape index (κ1) is 17.0. The normalized spacial score (nSPS) is 17.2. The van der Waals surface area contributed by atoms with E-state index in [0.717, 1.165) is 24.4 Å². The maximum absolute atomic E-state index is 12.6. The summed E-state index contributed by atoms with van der Waals surface area (Å²) in [6.07, 6.45) is 0.565. The molecule has 1 aromatic rings. The fourth-order valence-electron chi connectivity index (χ4n) is 3.11. The van der Waals surface area contributed by atoms with Crippen LogP contribution >= 0.6 is 0 Å². The molecule has 1 saturated heterocycles. The minimum atomic E-state index is -0.203. The van der Waals surface area contributed by atoms with Crippen LogP contribution in [-0.4, -0.2) is 36.4 Å². The molecule has 0 bridgehead atoms. The van der Waals surface area contributed by atoms with Crippen molar-refractivity contribution in [2.45, 2.75) is 52.0 Å². The number of ketones is 1. The van der Waals surface area contributed by atoms with Crippen molar-refractivity contribution in [3.63, 3.8) is 0 Å². The van der Waals surface area contributed by atoms with E-state index in [1.165, 1.54) is 0 Å². The summed E-state index contributed by atoms with van der Waals surface area (Å²) >= 11 is 0. The molecule has 0 aromatic heterocycles. The first-order chi connectivity index (χ1) is 10.1. The Labute approximate surface area is 134 Å². The minimum Gasteiger partial charge on any atom is -0.496 e. The molecule has 0 saturated carbocycles. The summed E-state index contributed by atoms with van der Waals surface area (Å²) in [7, 11) is 1.68. The van der Waals surface area contributed by atoms with Gasteiger partial charge in [-0.1, -0.05) is 32.0 Å². The SMILES string of the molecule is COc1ccccc1C(C)(C)CC(=O)C1CN(C(C)(C)C)C1. The fourth-order valence-corrected chi connectivity index (χ4v) is 3.11. The summed E-state index contributed by atoms with van der Waals surface area (Å²) in [6, 6.07) is 8.00. The number of rotatable bonds is 5. The van der Waals surface area contributed by atoms with Gasteiger partial charge in [0.25, 0.3) is 0 Å². The van der Waals surface area contributed by atoms with E-state index in [9.17, 15) is 4.79 Å². The van der Waals surface area contributed by atoms with Crippen LogP contribution in [0, 0.1) is 5.92 Å². The molecule has 0 amide bonds. The first-order valence-corrected chi connectivity index (χ1v) is 8.06. The Morgan fingerprint density at radius 3 is 2.32 bits per heavy atom. The zero-order valence-electron chi connectivity index (χ0n) is 14.8. The van der Waals surface area contributed by atoms with Gasteiger partial charge in [0.05, 0.1) is 7.11 Å². The van der Waals surface area contributed by atoms with Gasteiger partial charge in [0.15, 0.2) is 0 Å². The van der Waals surface area contributed by atoms with Crippen LogP contribution in [0.5, 0.6) is 5.75 Å². The highest BCUT2D eigenvalue weighted by atomic mass is 16.5. The Hall–Kier alpha value is -1.35. The van der Waals surface area contributed by atoms with Crippen LogP contribution in [0.1, 0.15) is 46.6 Å². The van der Waals surface area contributed by atoms with E-state index in [0.29, 0.717) is 12.2 Å². The average Bonchev–Trinajstić information content (AvgIpc) is 2.34. The molecule has 0 unspecified atom stereocenters. The maximum Gasteiger partial charge on any atom is 0.139 e. The van der Waals surface area contributed by atoms with E-state index >= 15 is 0 Å². The molecule has 1 aromatic carbocycles. The lowest BCUT2D eigenvalue weighted by Gasteiger charge is -2.47. The molecule has 2 rings (SSSR count). The zero-order valence-corrected chi connectivity index (χ0v) is 14.8. The van der Waals surface area contributed by atoms with Crippen molar-refractivity contribution in [3.8, 4) is 5.75 Å². The predicted molar refractivity (Wildman–Crippen MR) is 90.5 cm³/mol. The number of methoxy groups -OCH3 is 1. The van der Waals surface area contributed by atoms with Gasteiger partial charge in [-0.25, -0.2) is 0 Å². The van der Waals surface area contributed by atoms with Crippen molar-refractivity contribution in [3.05, 3.63) is 29.8 Å². The van der Waals surface area contributed by atoms with E-state index in [1.807, 2.05) is 18.2 Å². The zero-order chi connectivity index (χ0) is 16.5. The third kappa shape index (κ3) is 3.52. The fraction of sp³-hybridized carbons (Fsp3) is 0.632. The lowest BCUT2D eigenvalue weighted by molar-refractivity contribution is -0.131. The number of para-hydroxylation sites is 1. The first-order valence-electron chi connectivity index (χ1n) is 8.06. The summed E-state index contributed by atoms with van der Waals surface area (Å²) in [5, 5.41) is 0. The topological polar surface area (TPSA) is 29.5 Å². The van der Waals surface area contributed by atoms with Crippen molar-refractivity contribution >= 4 is 5.78 Å². The number of ether oxygens (including phenoxy) is 1. The summed E-state index contributed by atoms with van der Waals surface area (Å²) in [5.41, 5.74) is 1.07. The van der Waals surface area contributed by atoms with Crippen molar-refractivity contribution in [2.24, 2.45) is 5.92 Å². The second-order valence-corrected chi connectivity index (χ2v) is 8.00. The number of carbonyl (C=O) groups excluding carboxylic acids is 1. The van der Waals surface area contributed by atoms with Gasteiger partial charge >= 0.3 is 0 Å². The van der Waals surface area contributed by atoms with Crippen molar-refractivity contribution in [1.29, 1.82) is 0 Å². The van der Waals surface area contributed by atoms with Gasteiger partial charge < -0.3 is 4.74 Å². The molecule has 0 radical (unpaired) electrons. The third-order valence-corrected chi connectivity index (χ3v) is 4.74. The monoisotopic (exact) mass is 303 g/mol. The second-order valence-electron chi connectivity index (χ2n) is 8.00. The lowest BCUT2D eigenvalue weighted by atomic mass is 9.76. The molecule has 3 nitrogen and oxygen atoms in total. The van der Waals surface area contributed by atoms with Crippen LogP contribution in [0.3, 0.4) is 0 Å². The molecular formula is C19H29NO2. The van der Waals surface area contributed by atoms with E-state index < -0.39 is 0 Å². The van der Waals surface area contributed by atoms with Crippen LogP contribution < -0.4 is 4.74 Å². The number of Topliss-reactive ketones (excluding diaryl/α,β-unsaturated/α-hetero) is 1. The van der Waals surface area contributed by atoms with E-state index in [4.69, 9.17) is 4.74 Å². The second kappa shape index (κ2) is 6.04. The molecule has 0 N–H and O–H groups in total. The van der Waals surface area contributed by atoms with Gasteiger partial charge in [-0.3, -0.25) is 9.69 Å². The van der Waals surface area contributed by atoms with E-state index in [2.05, 4.69) is 45.6 Å². The van der Waals surface area contributed by atoms with Crippen molar-refractivity contribution in [2.75, 3.05) is 20.2 Å². The molecule has 1 heterocycles. The molecule has 1 aliphatic heterocycles. The van der Waals surface area contributed by atoms with Gasteiger partial charge in [-0.05, 0) is 26.8 Å². The summed E-state index contributed by atoms with van der Waals surface area (Å²) in [5.74, 6) is 1.43. The van der Waals surface area contributed by atoms with Gasteiger partial charge in [0.1, 0.15) is 11.5 Å². The number of benzene rings is 1. The summed E-state index contributed by atoms with van der Waals surface area (Å²) in [6.45, 7) is 12.6. The largest absolute Gasteiger partial charge is 0.496 e. The minimum absolute atomic E-state index is 0.162. The molecule has 1 aliphatic rings. The Morgan fingerprint density at radius 2 is 1.77 bits per heavy atom. The van der Waals surface area contributed by atoms with E-state index in [1.54, 1.807) is 7.11 Å². The Morgan fingerprint density at radius 1 is 1.18 bits per heavy atom. The number of carbonyl (C=O) groups is 1. The quantitative estimate of drug-likeness (QED) is 0.831. The van der Waals surface area contributed by atoms with Crippen molar-refractivity contribution in [1.82, 2.24) is 4.90 Å². The standard InChI is InChI=1S/C19H29NO2/c1-18(2,3)20-12-14(13-20)16(21)11-19(4,5)15-9-7-8-10-17(15)22-6/h7-10,14H,11-13H2,1-6H3. The Kier molecular flexibility index (Phi) is 4.67. The van der Waals surface area contributed by atoms with Crippen LogP contribution in [-0.2, 0) is 10.2 Å². The highest BCUT2D eigenvalue weighted by molar-refractivity contribution is 5.83. The summed E-state index contributed by atoms with van der Waals surface area (Å²) < 4.78 is 5.46. The molecular weight excluding hydrogens is 274 g/mol. The molecule has 1 fully saturated rings. The predicted octanol–water partition coefficient (Wildman–Crippen LogP) is 3.66. The molecule has 122 valence electrons. The molecule has 3 heteroatoms. The Balaban J connectivity index is 2.02. The highest BCUT2D eigenvalue weighted by Crippen LogP contribution is 2.36. The Bertz CT molecular complexity index is 537. The molecule has 22 heavy (non-hydrogen) atoms. The number of hydrogen-bond acceptors (Lipinski definition) is 3. The van der Waals surface area contributed by atoms with Crippen LogP contribution in [0.4, 0.5) is 0 Å². The van der Waals surface area contributed by atoms with Gasteiger partial charge in [-0.15, -0.1) is 0 Å². The van der Waals surface area contributed by atoms with E-state index in [-0.39, 0.29) is 16.9 Å². The molecule has 0 atom stereocenters. The third-order valence-electron chi connectivity index (χ3n) is 4.74. The number of hydrogen-bond donors (Lipinski definition) is 0. The molecule has 0 aliphatic carbocycles. The maximum atomic E-state index is 12.6. The molecule has 0 spiro atoms. The van der Waals surface area contributed by atoms with Crippen LogP contribution in [0.2, 0.25) is 0 Å².